The van der Waals surface area contributed by atoms with Crippen molar-refractivity contribution in [2.75, 3.05) is 24.6 Å². The number of aromatic hydroxyl groups is 1. The highest BCUT2D eigenvalue weighted by Gasteiger charge is 2.49. The van der Waals surface area contributed by atoms with Crippen molar-refractivity contribution in [3.05, 3.63) is 89.2 Å². The van der Waals surface area contributed by atoms with Crippen molar-refractivity contribution >= 4 is 5.69 Å². The summed E-state index contributed by atoms with van der Waals surface area (Å²) in [6.45, 7) is 2.63. The van der Waals surface area contributed by atoms with Crippen LogP contribution in [0.5, 0.6) is 11.5 Å². The van der Waals surface area contributed by atoms with Crippen LogP contribution in [0.2, 0.25) is 0 Å². The van der Waals surface area contributed by atoms with Crippen LogP contribution in [0, 0.1) is 17.7 Å². The Labute approximate surface area is 244 Å². The monoisotopic (exact) mass is 554 g/mol. The molecule has 0 amide bonds. The molecule has 0 spiro atoms. The summed E-state index contributed by atoms with van der Waals surface area (Å²) in [7, 11) is 0. The van der Waals surface area contributed by atoms with Crippen LogP contribution in [0.1, 0.15) is 74.1 Å². The molecule has 0 radical (unpaired) electrons. The Kier molecular flexibility index (Phi) is 7.64. The topological polar surface area (TPSA) is 35.9 Å². The van der Waals surface area contributed by atoms with Gasteiger partial charge in [0.25, 0.3) is 0 Å². The zero-order valence-electron chi connectivity index (χ0n) is 24.1. The van der Waals surface area contributed by atoms with Gasteiger partial charge in [-0.05, 0) is 116 Å². The molecule has 3 aromatic rings. The highest BCUT2D eigenvalue weighted by Crippen LogP contribution is 2.49. The van der Waals surface area contributed by atoms with Gasteiger partial charge in [0.05, 0.1) is 6.04 Å². The first kappa shape index (κ1) is 26.8. The summed E-state index contributed by atoms with van der Waals surface area (Å²) in [5.74, 6) is 2.89. The maximum atomic E-state index is 13.7. The Bertz CT molecular complexity index is 1300. The lowest BCUT2D eigenvalue weighted by molar-refractivity contribution is 0.115. The zero-order valence-corrected chi connectivity index (χ0v) is 24.1. The van der Waals surface area contributed by atoms with E-state index in [4.69, 9.17) is 4.74 Å². The average Bonchev–Trinajstić information content (AvgIpc) is 3.32. The second kappa shape index (κ2) is 11.7. The number of halogens is 1. The Morgan fingerprint density at radius 1 is 0.805 bits per heavy atom. The van der Waals surface area contributed by atoms with Gasteiger partial charge < -0.3 is 14.7 Å². The molecule has 2 heterocycles. The van der Waals surface area contributed by atoms with Crippen molar-refractivity contribution in [1.82, 2.24) is 4.90 Å². The van der Waals surface area contributed by atoms with Crippen LogP contribution in [-0.2, 0) is 12.8 Å². The minimum absolute atomic E-state index is 0.110. The summed E-state index contributed by atoms with van der Waals surface area (Å²) < 4.78 is 20.0. The molecule has 2 aliphatic heterocycles. The number of hydrogen-bond donors (Lipinski definition) is 1. The molecule has 2 aliphatic carbocycles. The van der Waals surface area contributed by atoms with E-state index >= 15 is 0 Å². The lowest BCUT2D eigenvalue weighted by atomic mass is 9.73. The van der Waals surface area contributed by atoms with Gasteiger partial charge in [-0.25, -0.2) is 4.39 Å². The quantitative estimate of drug-likeness (QED) is 0.325. The number of nitrogens with zero attached hydrogens (tertiary/aromatic N) is 2. The van der Waals surface area contributed by atoms with Crippen molar-refractivity contribution in [2.24, 2.45) is 11.8 Å². The highest BCUT2D eigenvalue weighted by atomic mass is 19.1. The molecular formula is C36H43FN2O2. The van der Waals surface area contributed by atoms with E-state index in [-0.39, 0.29) is 11.9 Å². The number of anilines is 1. The summed E-state index contributed by atoms with van der Waals surface area (Å²) in [6.07, 6.45) is 13.0. The fourth-order valence-corrected chi connectivity index (χ4v) is 8.75. The van der Waals surface area contributed by atoms with E-state index in [1.54, 1.807) is 6.07 Å². The Morgan fingerprint density at radius 2 is 1.49 bits per heavy atom. The van der Waals surface area contributed by atoms with Crippen molar-refractivity contribution in [3.63, 3.8) is 0 Å². The molecule has 2 saturated carbocycles. The molecular weight excluding hydrogens is 511 g/mol. The van der Waals surface area contributed by atoms with Crippen LogP contribution in [0.15, 0.2) is 66.7 Å². The smallest absolute Gasteiger partial charge is 0.123 e. The Hall–Kier alpha value is -3.05. The second-order valence-electron chi connectivity index (χ2n) is 12.8. The number of fused-ring (bicyclic) bond motifs is 4. The largest absolute Gasteiger partial charge is 0.508 e. The first-order chi connectivity index (χ1) is 20.1. The summed E-state index contributed by atoms with van der Waals surface area (Å²) in [4.78, 5) is 5.22. The van der Waals surface area contributed by atoms with Gasteiger partial charge in [-0.15, -0.1) is 0 Å². The van der Waals surface area contributed by atoms with Gasteiger partial charge in [-0.3, -0.25) is 4.90 Å². The van der Waals surface area contributed by atoms with Gasteiger partial charge in [0.1, 0.15) is 23.9 Å². The predicted octanol–water partition coefficient (Wildman–Crippen LogP) is 7.69. The second-order valence-corrected chi connectivity index (χ2v) is 12.8. The fourth-order valence-electron chi connectivity index (χ4n) is 8.75. The predicted molar refractivity (Wildman–Crippen MR) is 162 cm³/mol. The lowest BCUT2D eigenvalue weighted by Crippen LogP contribution is -2.42. The lowest BCUT2D eigenvalue weighted by Gasteiger charge is -2.39. The van der Waals surface area contributed by atoms with Crippen LogP contribution in [0.25, 0.3) is 0 Å². The normalized spacial score (nSPS) is 27.6. The molecule has 5 unspecified atom stereocenters. The van der Waals surface area contributed by atoms with E-state index in [9.17, 15) is 9.50 Å². The summed E-state index contributed by atoms with van der Waals surface area (Å²) in [5.41, 5.74) is 4.68. The van der Waals surface area contributed by atoms with Crippen LogP contribution < -0.4 is 9.64 Å². The van der Waals surface area contributed by atoms with Gasteiger partial charge in [-0.1, -0.05) is 43.9 Å². The van der Waals surface area contributed by atoms with Crippen LogP contribution in [-0.4, -0.2) is 41.8 Å². The first-order valence-electron chi connectivity index (χ1n) is 16.0. The van der Waals surface area contributed by atoms with E-state index < -0.39 is 0 Å². The Balaban J connectivity index is 1.02. The third-order valence-corrected chi connectivity index (χ3v) is 10.6. The van der Waals surface area contributed by atoms with E-state index in [1.165, 1.54) is 80.2 Å². The SMILES string of the molecule is Oc1ccc2c(c1)CCN(c1ccc(F)cc1)C2Cc1ccc(OCCN2C3CCCCC3C3CCCCC32)cc1. The van der Waals surface area contributed by atoms with E-state index in [2.05, 4.69) is 40.1 Å². The van der Waals surface area contributed by atoms with Crippen LogP contribution in [0.3, 0.4) is 0 Å². The molecule has 5 atom stereocenters. The minimum Gasteiger partial charge on any atom is -0.508 e. The molecule has 0 bridgehead atoms. The number of rotatable bonds is 7. The van der Waals surface area contributed by atoms with Crippen molar-refractivity contribution < 1.29 is 14.2 Å². The van der Waals surface area contributed by atoms with Crippen LogP contribution in [0.4, 0.5) is 10.1 Å². The number of hydrogen-bond acceptors (Lipinski definition) is 4. The van der Waals surface area contributed by atoms with Gasteiger partial charge in [0.2, 0.25) is 0 Å². The van der Waals surface area contributed by atoms with Crippen LogP contribution >= 0.6 is 0 Å². The van der Waals surface area contributed by atoms with Crippen molar-refractivity contribution in [3.8, 4) is 11.5 Å². The summed E-state index contributed by atoms with van der Waals surface area (Å²) in [6, 6.07) is 22.8. The van der Waals surface area contributed by atoms with Gasteiger partial charge in [-0.2, -0.15) is 0 Å². The first-order valence-corrected chi connectivity index (χ1v) is 16.0. The standard InChI is InChI=1S/C36H43FN2O2/c37-27-11-13-28(14-12-27)38-20-19-26-24-29(40)15-18-31(26)36(38)23-25-9-16-30(17-10-25)41-22-21-39-34-7-3-1-5-32(34)33-6-2-4-8-35(33)39/h9-18,24,32-36,40H,1-8,19-23H2. The van der Waals surface area contributed by atoms with Crippen molar-refractivity contribution in [1.29, 1.82) is 0 Å². The van der Waals surface area contributed by atoms with E-state index in [0.717, 1.165) is 67.9 Å². The van der Waals surface area contributed by atoms with E-state index in [0.29, 0.717) is 5.75 Å². The third-order valence-electron chi connectivity index (χ3n) is 10.6. The fraction of sp³-hybridized carbons (Fsp3) is 0.500. The van der Waals surface area contributed by atoms with Gasteiger partial charge in [0.15, 0.2) is 0 Å². The number of likely N-dealkylation sites (tertiary alicyclic amines) is 1. The molecule has 4 aliphatic rings. The maximum absolute atomic E-state index is 13.7. The molecule has 5 heteroatoms. The van der Waals surface area contributed by atoms with Gasteiger partial charge in [0, 0.05) is 30.9 Å². The third kappa shape index (κ3) is 5.46. The number of phenolic OH excluding ortho intramolecular Hbond substituents is 1. The van der Waals surface area contributed by atoms with Crippen molar-refractivity contribution in [2.45, 2.75) is 82.3 Å². The Morgan fingerprint density at radius 3 is 2.20 bits per heavy atom. The number of benzene rings is 3. The average molecular weight is 555 g/mol. The molecule has 1 saturated heterocycles. The van der Waals surface area contributed by atoms with Gasteiger partial charge >= 0.3 is 0 Å². The molecule has 3 aromatic carbocycles. The number of ether oxygens (including phenoxy) is 1. The molecule has 7 rings (SSSR count). The molecule has 3 fully saturated rings. The minimum atomic E-state index is -0.218. The number of phenols is 1. The van der Waals surface area contributed by atoms with E-state index in [1.807, 2.05) is 18.2 Å². The molecule has 1 N–H and O–H groups in total. The summed E-state index contributed by atoms with van der Waals surface area (Å²) >= 11 is 0. The molecule has 4 nitrogen and oxygen atoms in total. The maximum Gasteiger partial charge on any atom is 0.123 e. The molecule has 0 aromatic heterocycles. The molecule has 216 valence electrons. The zero-order chi connectivity index (χ0) is 27.8. The summed E-state index contributed by atoms with van der Waals surface area (Å²) in [5, 5.41) is 10.1. The highest BCUT2D eigenvalue weighted by molar-refractivity contribution is 5.53. The molecule has 41 heavy (non-hydrogen) atoms.